The SMILES string of the molecule is CCS(=O)(=O)OBr.[H-].[Na+]. The van der Waals surface area contributed by atoms with Crippen LogP contribution in [-0.4, -0.2) is 14.2 Å². The van der Waals surface area contributed by atoms with Crippen LogP contribution in [0.3, 0.4) is 0 Å². The first kappa shape index (κ1) is 12.1. The molecule has 0 saturated heterocycles. The van der Waals surface area contributed by atoms with Crippen LogP contribution in [0.2, 0.25) is 0 Å². The number of halogens is 1. The maximum absolute atomic E-state index is 10.1. The average molecular weight is 213 g/mol. The number of hydrogen-bond donors (Lipinski definition) is 0. The maximum Gasteiger partial charge on any atom is 1.00 e. The van der Waals surface area contributed by atoms with Gasteiger partial charge >= 0.3 is 29.6 Å². The molecular weight excluding hydrogens is 207 g/mol. The van der Waals surface area contributed by atoms with Crippen LogP contribution < -0.4 is 29.6 Å². The first-order valence-corrected chi connectivity index (χ1v) is 3.87. The number of hydrogen-bond acceptors (Lipinski definition) is 3. The van der Waals surface area contributed by atoms with Gasteiger partial charge in [-0.1, -0.05) is 0 Å². The summed E-state index contributed by atoms with van der Waals surface area (Å²) in [5.74, 6) is -0.00174. The molecule has 0 aliphatic heterocycles. The maximum atomic E-state index is 10.1. The largest absolute Gasteiger partial charge is 1.00 e. The van der Waals surface area contributed by atoms with E-state index in [1.54, 1.807) is 0 Å². The van der Waals surface area contributed by atoms with Gasteiger partial charge in [-0.2, -0.15) is 11.7 Å². The van der Waals surface area contributed by atoms with E-state index in [-0.39, 0.29) is 36.7 Å². The van der Waals surface area contributed by atoms with Gasteiger partial charge in [-0.3, -0.25) is 0 Å². The predicted molar refractivity (Wildman–Crippen MR) is 30.6 cm³/mol. The fraction of sp³-hybridized carbons (Fsp3) is 1.00. The minimum atomic E-state index is -3.24. The van der Waals surface area contributed by atoms with Crippen LogP contribution >= 0.6 is 16.3 Å². The van der Waals surface area contributed by atoms with E-state index in [2.05, 4.69) is 19.5 Å². The molecule has 8 heavy (non-hydrogen) atoms. The first-order valence-electron chi connectivity index (χ1n) is 1.65. The molecule has 0 spiro atoms. The molecule has 0 aromatic rings. The molecule has 0 aromatic heterocycles. The van der Waals surface area contributed by atoms with Crippen molar-refractivity contribution in [3.63, 3.8) is 0 Å². The summed E-state index contributed by atoms with van der Waals surface area (Å²) in [6.07, 6.45) is 0. The van der Waals surface area contributed by atoms with Crippen LogP contribution in [0, 0.1) is 0 Å². The summed E-state index contributed by atoms with van der Waals surface area (Å²) in [4.78, 5) is 0. The van der Waals surface area contributed by atoms with Gasteiger partial charge in [0.15, 0.2) is 0 Å². The molecule has 0 unspecified atom stereocenters. The van der Waals surface area contributed by atoms with Crippen molar-refractivity contribution in [3.05, 3.63) is 0 Å². The predicted octanol–water partition coefficient (Wildman–Crippen LogP) is -2.22. The summed E-state index contributed by atoms with van der Waals surface area (Å²) in [7, 11) is -3.24. The summed E-state index contributed by atoms with van der Waals surface area (Å²) >= 11 is 2.34. The van der Waals surface area contributed by atoms with Crippen LogP contribution in [0.25, 0.3) is 0 Å². The fourth-order valence-electron chi connectivity index (χ4n) is 0.0445. The molecule has 0 atom stereocenters. The molecule has 0 bridgehead atoms. The van der Waals surface area contributed by atoms with Crippen molar-refractivity contribution < 1.29 is 42.7 Å². The summed E-state index contributed by atoms with van der Waals surface area (Å²) in [5.41, 5.74) is 0. The molecule has 0 heterocycles. The minimum absolute atomic E-state index is 0. The molecule has 6 heteroatoms. The molecular formula is C2H6BrNaO3S. The van der Waals surface area contributed by atoms with Gasteiger partial charge in [-0.05, 0) is 6.92 Å². The Labute approximate surface area is 81.1 Å². The van der Waals surface area contributed by atoms with Gasteiger partial charge in [0, 0.05) is 0 Å². The third kappa shape index (κ3) is 5.53. The fourth-order valence-corrected chi connectivity index (χ4v) is 0.694. The van der Waals surface area contributed by atoms with Gasteiger partial charge in [0.2, 0.25) is 0 Å². The van der Waals surface area contributed by atoms with Crippen molar-refractivity contribution in [1.29, 1.82) is 0 Å². The molecule has 0 rings (SSSR count). The second-order valence-electron chi connectivity index (χ2n) is 0.909. The second kappa shape index (κ2) is 5.20. The molecule has 0 saturated carbocycles. The van der Waals surface area contributed by atoms with E-state index in [1.807, 2.05) is 0 Å². The quantitative estimate of drug-likeness (QED) is 0.488. The Morgan fingerprint density at radius 1 is 1.75 bits per heavy atom. The van der Waals surface area contributed by atoms with E-state index in [0.717, 1.165) is 0 Å². The van der Waals surface area contributed by atoms with Gasteiger partial charge in [0.25, 0.3) is 10.1 Å². The van der Waals surface area contributed by atoms with Crippen LogP contribution in [0.5, 0.6) is 0 Å². The zero-order chi connectivity index (χ0) is 5.91. The van der Waals surface area contributed by atoms with Crippen molar-refractivity contribution in [2.75, 3.05) is 5.75 Å². The van der Waals surface area contributed by atoms with E-state index in [9.17, 15) is 8.42 Å². The van der Waals surface area contributed by atoms with Gasteiger partial charge < -0.3 is 1.43 Å². The minimum Gasteiger partial charge on any atom is -1.00 e. The molecule has 46 valence electrons. The third-order valence-corrected chi connectivity index (χ3v) is 2.56. The van der Waals surface area contributed by atoms with Gasteiger partial charge in [0.05, 0.1) is 5.75 Å². The summed E-state index contributed by atoms with van der Waals surface area (Å²) in [6.45, 7) is 1.50. The molecule has 0 aliphatic rings. The normalized spacial score (nSPS) is 10.2. The van der Waals surface area contributed by atoms with Gasteiger partial charge in [-0.25, -0.2) is 0 Å². The van der Waals surface area contributed by atoms with E-state index in [4.69, 9.17) is 0 Å². The molecule has 0 aromatic carbocycles. The van der Waals surface area contributed by atoms with Crippen LogP contribution in [0.4, 0.5) is 0 Å². The Bertz CT molecular complexity index is 125. The van der Waals surface area contributed by atoms with Crippen LogP contribution in [-0.2, 0) is 13.4 Å². The second-order valence-corrected chi connectivity index (χ2v) is 3.52. The van der Waals surface area contributed by atoms with Crippen LogP contribution in [0.1, 0.15) is 8.35 Å². The Hall–Kier alpha value is 1.39. The summed E-state index contributed by atoms with van der Waals surface area (Å²) < 4.78 is 24.1. The molecule has 0 N–H and O–H groups in total. The Morgan fingerprint density at radius 3 is 2.12 bits per heavy atom. The van der Waals surface area contributed by atoms with E-state index >= 15 is 0 Å². The molecule has 3 nitrogen and oxygen atoms in total. The Morgan fingerprint density at radius 2 is 2.12 bits per heavy atom. The zero-order valence-corrected chi connectivity index (χ0v) is 9.12. The topological polar surface area (TPSA) is 43.4 Å². The standard InChI is InChI=1S/C2H5BrO3S.Na.H/c1-2-7(4,5)6-3;;/h2H2,1H3;;/q;+1;-1. The first-order chi connectivity index (χ1) is 3.12. The number of rotatable bonds is 2. The smallest absolute Gasteiger partial charge is 1.00 e. The van der Waals surface area contributed by atoms with Gasteiger partial charge in [-0.15, -0.1) is 0 Å². The van der Waals surface area contributed by atoms with E-state index < -0.39 is 10.1 Å². The van der Waals surface area contributed by atoms with E-state index in [1.165, 1.54) is 6.92 Å². The van der Waals surface area contributed by atoms with E-state index in [0.29, 0.717) is 0 Å². The molecule has 0 amide bonds. The van der Waals surface area contributed by atoms with Crippen LogP contribution in [0.15, 0.2) is 0 Å². The van der Waals surface area contributed by atoms with Crippen molar-refractivity contribution >= 4 is 26.4 Å². The van der Waals surface area contributed by atoms with Crippen molar-refractivity contribution in [2.24, 2.45) is 0 Å². The van der Waals surface area contributed by atoms with Crippen molar-refractivity contribution in [3.8, 4) is 0 Å². The zero-order valence-electron chi connectivity index (χ0n) is 5.72. The Balaban J connectivity index is -0.000000180. The summed E-state index contributed by atoms with van der Waals surface area (Å²) in [6, 6.07) is 0. The van der Waals surface area contributed by atoms with Gasteiger partial charge in [0.1, 0.15) is 16.3 Å². The molecule has 0 aliphatic carbocycles. The van der Waals surface area contributed by atoms with Crippen molar-refractivity contribution in [2.45, 2.75) is 6.92 Å². The third-order valence-electron chi connectivity index (χ3n) is 0.450. The monoisotopic (exact) mass is 212 g/mol. The molecule has 0 fully saturated rings. The molecule has 0 radical (unpaired) electrons. The Kier molecular flexibility index (Phi) is 7.86. The average Bonchev–Trinajstić information content (AvgIpc) is 1.68. The van der Waals surface area contributed by atoms with Crippen molar-refractivity contribution in [1.82, 2.24) is 0 Å². The summed E-state index contributed by atoms with van der Waals surface area (Å²) in [5, 5.41) is 0.